The molecule has 2 aromatic rings. The first kappa shape index (κ1) is 18.8. The highest BCUT2D eigenvalue weighted by Crippen LogP contribution is 2.32. The maximum Gasteiger partial charge on any atom is 0.279 e. The topological polar surface area (TPSA) is 56.4 Å². The molecule has 0 atom stereocenters. The van der Waals surface area contributed by atoms with Crippen molar-refractivity contribution in [1.29, 1.82) is 0 Å². The molecule has 28 heavy (non-hydrogen) atoms. The summed E-state index contributed by atoms with van der Waals surface area (Å²) in [4.78, 5) is 15.4. The van der Waals surface area contributed by atoms with Gasteiger partial charge in [0.05, 0.1) is 0 Å². The van der Waals surface area contributed by atoms with Gasteiger partial charge < -0.3 is 24.6 Å². The second-order valence-corrected chi connectivity index (χ2v) is 7.86. The van der Waals surface area contributed by atoms with E-state index in [2.05, 4.69) is 17.4 Å². The van der Waals surface area contributed by atoms with Gasteiger partial charge in [0.15, 0.2) is 18.0 Å². The first-order chi connectivity index (χ1) is 13.6. The number of amides is 1. The van der Waals surface area contributed by atoms with E-state index in [-0.39, 0.29) is 5.91 Å². The van der Waals surface area contributed by atoms with Crippen LogP contribution in [-0.4, -0.2) is 45.4 Å². The fraction of sp³-hybridized carbons (Fsp3) is 0.409. The Morgan fingerprint density at radius 1 is 0.964 bits per heavy atom. The van der Waals surface area contributed by atoms with Gasteiger partial charge in [-0.3, -0.25) is 4.79 Å². The Morgan fingerprint density at radius 2 is 1.64 bits per heavy atom. The van der Waals surface area contributed by atoms with Crippen molar-refractivity contribution in [3.63, 3.8) is 0 Å². The standard InChI is InChI=1S/C22H27N3O3/c1-16-4-3-5-17(2)22(16)23-21(26)14-25-10-8-24(9-11-25)13-18-6-7-19-20(12-18)28-15-27-19/h3-7,12H,8-11,13-15H2,1-2H3,(H,23,26)/p+2. The number of nitrogens with one attached hydrogen (secondary N) is 3. The number of hydrogen-bond donors (Lipinski definition) is 3. The van der Waals surface area contributed by atoms with Crippen molar-refractivity contribution >= 4 is 11.6 Å². The minimum absolute atomic E-state index is 0.103. The molecule has 0 aliphatic carbocycles. The second-order valence-electron chi connectivity index (χ2n) is 7.86. The van der Waals surface area contributed by atoms with Crippen molar-refractivity contribution in [1.82, 2.24) is 0 Å². The average Bonchev–Trinajstić information content (AvgIpc) is 3.14. The molecule has 0 unspecified atom stereocenters. The van der Waals surface area contributed by atoms with Gasteiger partial charge >= 0.3 is 0 Å². The average molecular weight is 383 g/mol. The van der Waals surface area contributed by atoms with E-state index in [1.807, 2.05) is 38.1 Å². The number of fused-ring (bicyclic) bond motifs is 1. The van der Waals surface area contributed by atoms with E-state index in [0.29, 0.717) is 13.3 Å². The van der Waals surface area contributed by atoms with E-state index in [4.69, 9.17) is 9.47 Å². The SMILES string of the molecule is Cc1cccc(C)c1NC(=O)C[NH+]1CC[NH+](Cc2ccc3c(c2)OCO3)CC1. The number of ether oxygens (including phenoxy) is 2. The van der Waals surface area contributed by atoms with Crippen molar-refractivity contribution in [2.45, 2.75) is 20.4 Å². The molecular formula is C22H29N3O3+2. The highest BCUT2D eigenvalue weighted by Gasteiger charge is 2.25. The zero-order valence-electron chi connectivity index (χ0n) is 16.6. The molecule has 1 amide bonds. The Morgan fingerprint density at radius 3 is 2.39 bits per heavy atom. The van der Waals surface area contributed by atoms with Crippen LogP contribution in [0.5, 0.6) is 11.5 Å². The Labute approximate surface area is 166 Å². The molecular weight excluding hydrogens is 354 g/mol. The molecule has 0 aromatic heterocycles. The van der Waals surface area contributed by atoms with E-state index in [1.165, 1.54) is 10.5 Å². The highest BCUT2D eigenvalue weighted by molar-refractivity contribution is 5.93. The van der Waals surface area contributed by atoms with Crippen molar-refractivity contribution in [3.05, 3.63) is 53.1 Å². The van der Waals surface area contributed by atoms with Crippen molar-refractivity contribution in [2.24, 2.45) is 0 Å². The van der Waals surface area contributed by atoms with Crippen LogP contribution < -0.4 is 24.6 Å². The lowest BCUT2D eigenvalue weighted by Crippen LogP contribution is -3.28. The highest BCUT2D eigenvalue weighted by atomic mass is 16.7. The molecule has 4 rings (SSSR count). The maximum absolute atomic E-state index is 12.5. The summed E-state index contributed by atoms with van der Waals surface area (Å²) in [6.07, 6.45) is 0. The summed E-state index contributed by atoms with van der Waals surface area (Å²) in [5.41, 5.74) is 4.46. The number of carbonyl (C=O) groups excluding carboxylic acids is 1. The summed E-state index contributed by atoms with van der Waals surface area (Å²) >= 11 is 0. The largest absolute Gasteiger partial charge is 0.454 e. The first-order valence-electron chi connectivity index (χ1n) is 10.0. The smallest absolute Gasteiger partial charge is 0.279 e. The number of rotatable bonds is 5. The third kappa shape index (κ3) is 4.29. The van der Waals surface area contributed by atoms with Crippen LogP contribution >= 0.6 is 0 Å². The summed E-state index contributed by atoms with van der Waals surface area (Å²) in [6.45, 7) is 10.1. The lowest BCUT2D eigenvalue weighted by atomic mass is 10.1. The van der Waals surface area contributed by atoms with Gasteiger partial charge in [0.1, 0.15) is 32.7 Å². The van der Waals surface area contributed by atoms with Gasteiger partial charge in [0.2, 0.25) is 6.79 Å². The molecule has 148 valence electrons. The molecule has 6 heteroatoms. The Hall–Kier alpha value is -2.57. The number of anilines is 1. The number of para-hydroxylation sites is 1. The van der Waals surface area contributed by atoms with Gasteiger partial charge in [-0.15, -0.1) is 0 Å². The van der Waals surface area contributed by atoms with E-state index < -0.39 is 0 Å². The monoisotopic (exact) mass is 383 g/mol. The molecule has 2 heterocycles. The zero-order valence-corrected chi connectivity index (χ0v) is 16.6. The van der Waals surface area contributed by atoms with E-state index in [9.17, 15) is 4.79 Å². The minimum atomic E-state index is 0.103. The zero-order chi connectivity index (χ0) is 19.5. The number of quaternary nitrogens is 2. The molecule has 0 spiro atoms. The summed E-state index contributed by atoms with van der Waals surface area (Å²) in [5, 5.41) is 3.11. The molecule has 2 aromatic carbocycles. The summed E-state index contributed by atoms with van der Waals surface area (Å²) < 4.78 is 10.9. The molecule has 3 N–H and O–H groups in total. The van der Waals surface area contributed by atoms with Crippen molar-refractivity contribution < 1.29 is 24.1 Å². The van der Waals surface area contributed by atoms with Crippen LogP contribution in [0.3, 0.4) is 0 Å². The first-order valence-corrected chi connectivity index (χ1v) is 10.0. The van der Waals surface area contributed by atoms with Crippen LogP contribution in [0.4, 0.5) is 5.69 Å². The van der Waals surface area contributed by atoms with Crippen molar-refractivity contribution in [3.8, 4) is 11.5 Å². The van der Waals surface area contributed by atoms with Gasteiger partial charge in [-0.2, -0.15) is 0 Å². The number of benzene rings is 2. The Bertz CT molecular complexity index is 840. The van der Waals surface area contributed by atoms with Crippen LogP contribution in [0.2, 0.25) is 0 Å². The van der Waals surface area contributed by atoms with Gasteiger partial charge in [-0.1, -0.05) is 18.2 Å². The lowest BCUT2D eigenvalue weighted by Gasteiger charge is -2.29. The van der Waals surface area contributed by atoms with Gasteiger partial charge in [-0.25, -0.2) is 0 Å². The second kappa shape index (κ2) is 8.20. The molecule has 2 aliphatic heterocycles. The van der Waals surface area contributed by atoms with Gasteiger partial charge in [-0.05, 0) is 43.2 Å². The quantitative estimate of drug-likeness (QED) is 0.679. The third-order valence-electron chi connectivity index (χ3n) is 5.71. The number of carbonyl (C=O) groups is 1. The predicted molar refractivity (Wildman–Crippen MR) is 107 cm³/mol. The minimum Gasteiger partial charge on any atom is -0.454 e. The molecule has 1 fully saturated rings. The maximum atomic E-state index is 12.5. The van der Waals surface area contributed by atoms with Crippen molar-refractivity contribution in [2.75, 3.05) is 44.8 Å². The molecule has 0 bridgehead atoms. The van der Waals surface area contributed by atoms with E-state index in [1.54, 1.807) is 4.90 Å². The summed E-state index contributed by atoms with van der Waals surface area (Å²) in [6, 6.07) is 12.3. The van der Waals surface area contributed by atoms with Crippen LogP contribution in [0.25, 0.3) is 0 Å². The third-order valence-corrected chi connectivity index (χ3v) is 5.71. The summed E-state index contributed by atoms with van der Waals surface area (Å²) in [5.74, 6) is 1.79. The van der Waals surface area contributed by atoms with Crippen LogP contribution in [0, 0.1) is 13.8 Å². The van der Waals surface area contributed by atoms with E-state index in [0.717, 1.165) is 61.0 Å². The van der Waals surface area contributed by atoms with Gasteiger partial charge in [0.25, 0.3) is 5.91 Å². The Balaban J connectivity index is 1.25. The number of aryl methyl sites for hydroxylation is 2. The lowest BCUT2D eigenvalue weighted by molar-refractivity contribution is -1.02. The molecule has 0 saturated carbocycles. The van der Waals surface area contributed by atoms with E-state index >= 15 is 0 Å². The number of piperazine rings is 1. The van der Waals surface area contributed by atoms with Crippen LogP contribution in [0.1, 0.15) is 16.7 Å². The van der Waals surface area contributed by atoms with Gasteiger partial charge in [0, 0.05) is 11.3 Å². The Kier molecular flexibility index (Phi) is 5.50. The molecule has 1 saturated heterocycles. The van der Waals surface area contributed by atoms with Crippen LogP contribution in [0.15, 0.2) is 36.4 Å². The summed E-state index contributed by atoms with van der Waals surface area (Å²) in [7, 11) is 0. The molecule has 6 nitrogen and oxygen atoms in total. The molecule has 0 radical (unpaired) electrons. The fourth-order valence-corrected chi connectivity index (χ4v) is 4.07. The number of hydrogen-bond acceptors (Lipinski definition) is 3. The predicted octanol–water partition coefficient (Wildman–Crippen LogP) is -0.0458. The molecule has 2 aliphatic rings. The van der Waals surface area contributed by atoms with Crippen LogP contribution in [-0.2, 0) is 11.3 Å². The fourth-order valence-electron chi connectivity index (χ4n) is 4.07. The normalized spacial score (nSPS) is 20.8.